The van der Waals surface area contributed by atoms with Crippen LogP contribution in [0.3, 0.4) is 0 Å². The van der Waals surface area contributed by atoms with Gasteiger partial charge in [-0.1, -0.05) is 18.2 Å². The number of nitrogens with zero attached hydrogens (tertiary/aromatic N) is 4. The van der Waals surface area contributed by atoms with E-state index >= 15 is 0 Å². The molecule has 0 amide bonds. The Hall–Kier alpha value is -2.40. The highest BCUT2D eigenvalue weighted by atomic mass is 16.5. The molecule has 5 rings (SSSR count). The molecule has 4 heterocycles. The van der Waals surface area contributed by atoms with Crippen LogP contribution in [-0.4, -0.2) is 45.5 Å². The minimum atomic E-state index is -0.334. The van der Waals surface area contributed by atoms with Gasteiger partial charge in [0.15, 0.2) is 0 Å². The summed E-state index contributed by atoms with van der Waals surface area (Å²) >= 11 is 0. The Labute approximate surface area is 160 Å². The number of piperidine rings is 1. The lowest BCUT2D eigenvalue weighted by atomic mass is 9.90. The number of likely N-dealkylation sites (tertiary alicyclic amines) is 1. The van der Waals surface area contributed by atoms with Crippen LogP contribution < -0.4 is 4.74 Å². The van der Waals surface area contributed by atoms with Crippen molar-refractivity contribution in [1.82, 2.24) is 14.9 Å². The van der Waals surface area contributed by atoms with Gasteiger partial charge in [-0.3, -0.25) is 4.98 Å². The van der Waals surface area contributed by atoms with E-state index in [0.717, 1.165) is 49.4 Å². The monoisotopic (exact) mass is 362 g/mol. The minimum Gasteiger partial charge on any atom is -0.466 e. The maximum atomic E-state index is 6.67. The number of fused-ring (bicyclic) bond motifs is 4. The average Bonchev–Trinajstić information content (AvgIpc) is 3.16. The van der Waals surface area contributed by atoms with Crippen LogP contribution in [0.15, 0.2) is 53.9 Å². The van der Waals surface area contributed by atoms with Gasteiger partial charge in [0.2, 0.25) is 5.72 Å². The van der Waals surface area contributed by atoms with Crippen LogP contribution in [0.25, 0.3) is 0 Å². The van der Waals surface area contributed by atoms with Crippen LogP contribution in [-0.2, 0) is 0 Å². The van der Waals surface area contributed by atoms with Gasteiger partial charge in [0.1, 0.15) is 5.75 Å². The summed E-state index contributed by atoms with van der Waals surface area (Å²) in [5.74, 6) is 1.03. The fourth-order valence-electron chi connectivity index (χ4n) is 4.67. The van der Waals surface area contributed by atoms with Crippen molar-refractivity contribution in [2.75, 3.05) is 13.1 Å². The van der Waals surface area contributed by atoms with Crippen molar-refractivity contribution < 1.29 is 4.74 Å². The van der Waals surface area contributed by atoms with Crippen molar-refractivity contribution in [2.45, 2.75) is 50.9 Å². The standard InChI is InChI=1S/C22H26N4O/c1-16(2)25-13-9-22(10-14-25)26-20(18-5-3-4-6-21(18)27-22)15-19(24-26)17-7-11-23-12-8-17/h3-8,11-12,16,20H,9-10,13-15H2,1-2H3/t20-/m0/s1. The molecule has 0 unspecified atom stereocenters. The lowest BCUT2D eigenvalue weighted by Gasteiger charge is -2.51. The summed E-state index contributed by atoms with van der Waals surface area (Å²) in [4.78, 5) is 6.69. The summed E-state index contributed by atoms with van der Waals surface area (Å²) in [5.41, 5.74) is 3.21. The molecule has 1 aromatic heterocycles. The zero-order chi connectivity index (χ0) is 18.4. The Balaban J connectivity index is 1.53. The molecule has 2 aromatic rings. The highest BCUT2D eigenvalue weighted by Crippen LogP contribution is 2.49. The van der Waals surface area contributed by atoms with E-state index in [1.165, 1.54) is 5.56 Å². The summed E-state index contributed by atoms with van der Waals surface area (Å²) in [6.45, 7) is 6.63. The number of ether oxygens (including phenoxy) is 1. The van der Waals surface area contributed by atoms with Crippen molar-refractivity contribution in [3.63, 3.8) is 0 Å². The van der Waals surface area contributed by atoms with Crippen LogP contribution >= 0.6 is 0 Å². The Morgan fingerprint density at radius 3 is 2.56 bits per heavy atom. The fourth-order valence-corrected chi connectivity index (χ4v) is 4.67. The van der Waals surface area contributed by atoms with E-state index in [0.29, 0.717) is 6.04 Å². The molecule has 3 aliphatic heterocycles. The molecule has 0 aliphatic carbocycles. The molecule has 1 atom stereocenters. The fraction of sp³-hybridized carbons (Fsp3) is 0.455. The molecule has 5 heteroatoms. The Morgan fingerprint density at radius 2 is 1.81 bits per heavy atom. The lowest BCUT2D eigenvalue weighted by Crippen LogP contribution is -2.59. The van der Waals surface area contributed by atoms with E-state index in [9.17, 15) is 0 Å². The summed E-state index contributed by atoms with van der Waals surface area (Å²) in [5, 5.41) is 7.39. The van der Waals surface area contributed by atoms with Gasteiger partial charge in [-0.15, -0.1) is 0 Å². The van der Waals surface area contributed by atoms with Crippen molar-refractivity contribution in [3.05, 3.63) is 59.9 Å². The maximum Gasteiger partial charge on any atom is 0.200 e. The van der Waals surface area contributed by atoms with Crippen molar-refractivity contribution in [2.24, 2.45) is 5.10 Å². The predicted molar refractivity (Wildman–Crippen MR) is 106 cm³/mol. The lowest BCUT2D eigenvalue weighted by molar-refractivity contribution is -0.152. The number of hydrazone groups is 1. The van der Waals surface area contributed by atoms with Gasteiger partial charge in [0, 0.05) is 61.9 Å². The first-order chi connectivity index (χ1) is 13.2. The molecule has 0 bridgehead atoms. The first-order valence-corrected chi connectivity index (χ1v) is 9.95. The number of para-hydroxylation sites is 1. The molecule has 0 N–H and O–H groups in total. The van der Waals surface area contributed by atoms with Crippen molar-refractivity contribution in [1.29, 1.82) is 0 Å². The largest absolute Gasteiger partial charge is 0.466 e. The molecule has 0 saturated carbocycles. The van der Waals surface area contributed by atoms with Crippen LogP contribution in [0.4, 0.5) is 0 Å². The van der Waals surface area contributed by atoms with Crippen LogP contribution in [0, 0.1) is 0 Å². The quantitative estimate of drug-likeness (QED) is 0.814. The first kappa shape index (κ1) is 16.8. The van der Waals surface area contributed by atoms with E-state index in [1.54, 1.807) is 0 Å². The molecular weight excluding hydrogens is 336 g/mol. The SMILES string of the molecule is CC(C)N1CCC2(CC1)Oc1ccccc1[C@@H]1CC(c3ccncc3)=NN12. The van der Waals surface area contributed by atoms with E-state index in [4.69, 9.17) is 9.84 Å². The van der Waals surface area contributed by atoms with E-state index in [2.05, 4.69) is 65.1 Å². The average molecular weight is 362 g/mol. The van der Waals surface area contributed by atoms with E-state index < -0.39 is 0 Å². The molecule has 1 aromatic carbocycles. The molecule has 0 radical (unpaired) electrons. The zero-order valence-corrected chi connectivity index (χ0v) is 16.0. The highest BCUT2D eigenvalue weighted by Gasteiger charge is 2.51. The third-order valence-electron chi connectivity index (χ3n) is 6.23. The summed E-state index contributed by atoms with van der Waals surface area (Å²) in [6.07, 6.45) is 6.55. The number of benzene rings is 1. The first-order valence-electron chi connectivity index (χ1n) is 9.95. The van der Waals surface area contributed by atoms with E-state index in [-0.39, 0.29) is 11.8 Å². The number of hydrogen-bond donors (Lipinski definition) is 0. The number of pyridine rings is 1. The molecule has 1 spiro atoms. The third-order valence-corrected chi connectivity index (χ3v) is 6.23. The number of rotatable bonds is 2. The van der Waals surface area contributed by atoms with Crippen molar-refractivity contribution in [3.8, 4) is 5.75 Å². The second-order valence-electron chi connectivity index (χ2n) is 8.06. The Bertz CT molecular complexity index is 856. The molecule has 1 fully saturated rings. The van der Waals surface area contributed by atoms with Gasteiger partial charge < -0.3 is 9.64 Å². The van der Waals surface area contributed by atoms with Gasteiger partial charge in [-0.25, -0.2) is 5.01 Å². The van der Waals surface area contributed by atoms with Gasteiger partial charge in [0.05, 0.1) is 11.8 Å². The predicted octanol–water partition coefficient (Wildman–Crippen LogP) is 3.83. The normalized spacial score (nSPS) is 23.7. The second kappa shape index (κ2) is 6.34. The molecule has 3 aliphatic rings. The van der Waals surface area contributed by atoms with Gasteiger partial charge in [-0.2, -0.15) is 5.10 Å². The summed E-state index contributed by atoms with van der Waals surface area (Å²) in [6, 6.07) is 13.4. The Morgan fingerprint density at radius 1 is 1.07 bits per heavy atom. The topological polar surface area (TPSA) is 41.0 Å². The third kappa shape index (κ3) is 2.72. The summed E-state index contributed by atoms with van der Waals surface area (Å²) in [7, 11) is 0. The van der Waals surface area contributed by atoms with Crippen LogP contribution in [0.5, 0.6) is 5.75 Å². The van der Waals surface area contributed by atoms with Gasteiger partial charge in [-0.05, 0) is 32.0 Å². The molecular formula is C22H26N4O. The van der Waals surface area contributed by atoms with Gasteiger partial charge in [0.25, 0.3) is 0 Å². The minimum absolute atomic E-state index is 0.253. The molecule has 1 saturated heterocycles. The molecule has 140 valence electrons. The van der Waals surface area contributed by atoms with E-state index in [1.807, 2.05) is 12.4 Å². The smallest absolute Gasteiger partial charge is 0.200 e. The number of hydrogen-bond acceptors (Lipinski definition) is 5. The highest BCUT2D eigenvalue weighted by molar-refractivity contribution is 6.01. The summed E-state index contributed by atoms with van der Waals surface area (Å²) < 4.78 is 6.67. The Kier molecular flexibility index (Phi) is 3.93. The number of aromatic nitrogens is 1. The van der Waals surface area contributed by atoms with Crippen LogP contribution in [0.1, 0.15) is 50.3 Å². The maximum absolute atomic E-state index is 6.67. The van der Waals surface area contributed by atoms with Crippen LogP contribution in [0.2, 0.25) is 0 Å². The zero-order valence-electron chi connectivity index (χ0n) is 16.0. The van der Waals surface area contributed by atoms with Gasteiger partial charge >= 0.3 is 0 Å². The molecule has 27 heavy (non-hydrogen) atoms. The second-order valence-corrected chi connectivity index (χ2v) is 8.06. The van der Waals surface area contributed by atoms with Crippen molar-refractivity contribution >= 4 is 5.71 Å². The molecule has 5 nitrogen and oxygen atoms in total.